The molecule has 17 heavy (non-hydrogen) atoms. The number of hydrogen-bond donors (Lipinski definition) is 1. The smallest absolute Gasteiger partial charge is 0.141 e. The maximum Gasteiger partial charge on any atom is 0.141 e. The Kier molecular flexibility index (Phi) is 2.72. The molecule has 1 fully saturated rings. The lowest BCUT2D eigenvalue weighted by molar-refractivity contribution is 0.673. The fourth-order valence-corrected chi connectivity index (χ4v) is 3.39. The Balaban J connectivity index is 2.10. The quantitative estimate of drug-likeness (QED) is 0.882. The molecule has 0 aliphatic carbocycles. The van der Waals surface area contributed by atoms with Gasteiger partial charge < -0.3 is 10.6 Å². The molecule has 2 aromatic heterocycles. The van der Waals surface area contributed by atoms with E-state index in [1.165, 1.54) is 23.1 Å². The third-order valence-electron chi connectivity index (χ3n) is 3.35. The van der Waals surface area contributed by atoms with Gasteiger partial charge in [0.25, 0.3) is 0 Å². The minimum absolute atomic E-state index is 0.438. The van der Waals surface area contributed by atoms with Crippen molar-refractivity contribution in [2.75, 3.05) is 18.0 Å². The highest BCUT2D eigenvalue weighted by molar-refractivity contribution is 7.18. The molecule has 0 saturated carbocycles. The van der Waals surface area contributed by atoms with Crippen LogP contribution in [0.1, 0.15) is 17.7 Å². The number of rotatable bonds is 2. The maximum absolute atomic E-state index is 5.83. The van der Waals surface area contributed by atoms with Gasteiger partial charge in [-0.05, 0) is 25.8 Å². The van der Waals surface area contributed by atoms with Crippen molar-refractivity contribution in [2.24, 2.45) is 5.73 Å². The molecule has 5 heteroatoms. The average molecular weight is 248 g/mol. The summed E-state index contributed by atoms with van der Waals surface area (Å²) < 4.78 is 0. The first-order valence-electron chi connectivity index (χ1n) is 5.97. The van der Waals surface area contributed by atoms with Gasteiger partial charge in [-0.1, -0.05) is 0 Å². The standard InChI is InChI=1S/C12H16N4S/c1-8-5-10-11(14-7-15-12(10)17-8)16-4-2-3-9(16)6-13/h5,7,9H,2-4,6,13H2,1H3. The van der Waals surface area contributed by atoms with E-state index in [0.29, 0.717) is 12.6 Å². The Morgan fingerprint density at radius 1 is 1.53 bits per heavy atom. The summed E-state index contributed by atoms with van der Waals surface area (Å²) in [6, 6.07) is 2.62. The number of hydrogen-bond acceptors (Lipinski definition) is 5. The summed E-state index contributed by atoms with van der Waals surface area (Å²) >= 11 is 1.72. The first-order chi connectivity index (χ1) is 8.29. The Hall–Kier alpha value is -1.20. The Bertz CT molecular complexity index is 536. The average Bonchev–Trinajstić information content (AvgIpc) is 2.92. The molecule has 1 unspecified atom stereocenters. The molecule has 1 aliphatic rings. The van der Waals surface area contributed by atoms with Crippen molar-refractivity contribution in [3.8, 4) is 0 Å². The first kappa shape index (κ1) is 10.9. The number of nitrogens with two attached hydrogens (primary N) is 1. The van der Waals surface area contributed by atoms with Crippen molar-refractivity contribution in [1.29, 1.82) is 0 Å². The zero-order valence-corrected chi connectivity index (χ0v) is 10.7. The summed E-state index contributed by atoms with van der Waals surface area (Å²) in [5.74, 6) is 1.06. The highest BCUT2D eigenvalue weighted by atomic mass is 32.1. The SMILES string of the molecule is Cc1cc2c(N3CCCC3CN)ncnc2s1. The van der Waals surface area contributed by atoms with E-state index < -0.39 is 0 Å². The molecule has 0 bridgehead atoms. The molecule has 3 heterocycles. The van der Waals surface area contributed by atoms with Gasteiger partial charge >= 0.3 is 0 Å². The summed E-state index contributed by atoms with van der Waals surface area (Å²) in [5.41, 5.74) is 5.83. The molecule has 1 aliphatic heterocycles. The molecule has 0 spiro atoms. The molecule has 2 N–H and O–H groups in total. The predicted molar refractivity (Wildman–Crippen MR) is 71.6 cm³/mol. The van der Waals surface area contributed by atoms with Gasteiger partial charge in [-0.3, -0.25) is 0 Å². The van der Waals surface area contributed by atoms with Gasteiger partial charge in [0.05, 0.1) is 5.39 Å². The van der Waals surface area contributed by atoms with Gasteiger partial charge in [0.1, 0.15) is 17.0 Å². The third kappa shape index (κ3) is 1.79. The van der Waals surface area contributed by atoms with Crippen molar-refractivity contribution in [3.63, 3.8) is 0 Å². The van der Waals surface area contributed by atoms with Crippen molar-refractivity contribution in [1.82, 2.24) is 9.97 Å². The highest BCUT2D eigenvalue weighted by Gasteiger charge is 2.26. The summed E-state index contributed by atoms with van der Waals surface area (Å²) in [4.78, 5) is 13.5. The highest BCUT2D eigenvalue weighted by Crippen LogP contribution is 2.33. The fraction of sp³-hybridized carbons (Fsp3) is 0.500. The molecule has 0 amide bonds. The van der Waals surface area contributed by atoms with Gasteiger partial charge in [0.15, 0.2) is 0 Å². The molecule has 90 valence electrons. The summed E-state index contributed by atoms with van der Waals surface area (Å²) in [6.07, 6.45) is 4.04. The first-order valence-corrected chi connectivity index (χ1v) is 6.79. The van der Waals surface area contributed by atoms with Gasteiger partial charge in [0, 0.05) is 24.0 Å². The second-order valence-corrected chi connectivity index (χ2v) is 5.73. The molecule has 1 saturated heterocycles. The lowest BCUT2D eigenvalue weighted by Crippen LogP contribution is -2.36. The van der Waals surface area contributed by atoms with Crippen LogP contribution < -0.4 is 10.6 Å². The molecule has 3 rings (SSSR count). The summed E-state index contributed by atoms with van der Waals surface area (Å²) in [7, 11) is 0. The van der Waals surface area contributed by atoms with Crippen LogP contribution in [0.15, 0.2) is 12.4 Å². The van der Waals surface area contributed by atoms with Crippen molar-refractivity contribution in [2.45, 2.75) is 25.8 Å². The molecule has 0 radical (unpaired) electrons. The van der Waals surface area contributed by atoms with Crippen LogP contribution in [0.5, 0.6) is 0 Å². The van der Waals surface area contributed by atoms with E-state index >= 15 is 0 Å². The van der Waals surface area contributed by atoms with Crippen LogP contribution in [0.2, 0.25) is 0 Å². The van der Waals surface area contributed by atoms with Crippen LogP contribution in [-0.4, -0.2) is 29.1 Å². The Morgan fingerprint density at radius 3 is 3.24 bits per heavy atom. The third-order valence-corrected chi connectivity index (χ3v) is 4.31. The van der Waals surface area contributed by atoms with E-state index in [1.54, 1.807) is 17.7 Å². The Labute approximate surface area is 104 Å². The largest absolute Gasteiger partial charge is 0.352 e. The van der Waals surface area contributed by atoms with Gasteiger partial charge in [-0.25, -0.2) is 9.97 Å². The second kappa shape index (κ2) is 4.23. The van der Waals surface area contributed by atoms with E-state index in [-0.39, 0.29) is 0 Å². The number of aryl methyl sites for hydroxylation is 1. The number of aromatic nitrogens is 2. The van der Waals surface area contributed by atoms with Crippen LogP contribution >= 0.6 is 11.3 Å². The number of nitrogens with zero attached hydrogens (tertiary/aromatic N) is 3. The summed E-state index contributed by atoms with van der Waals surface area (Å²) in [6.45, 7) is 3.87. The molecule has 0 aromatic carbocycles. The maximum atomic E-state index is 5.83. The minimum Gasteiger partial charge on any atom is -0.352 e. The van der Waals surface area contributed by atoms with Crippen LogP contribution in [0.4, 0.5) is 5.82 Å². The normalized spacial score (nSPS) is 20.4. The molecule has 2 aromatic rings. The number of thiophene rings is 1. The fourth-order valence-electron chi connectivity index (χ4n) is 2.55. The van der Waals surface area contributed by atoms with E-state index in [1.807, 2.05) is 0 Å². The molecular formula is C12H16N4S. The summed E-state index contributed by atoms with van der Waals surface area (Å²) in [5, 5.41) is 1.18. The van der Waals surface area contributed by atoms with Crippen molar-refractivity contribution >= 4 is 27.4 Å². The van der Waals surface area contributed by atoms with Crippen molar-refractivity contribution in [3.05, 3.63) is 17.3 Å². The topological polar surface area (TPSA) is 55.0 Å². The second-order valence-electron chi connectivity index (χ2n) is 4.50. The van der Waals surface area contributed by atoms with Crippen LogP contribution in [0, 0.1) is 6.92 Å². The van der Waals surface area contributed by atoms with Crippen LogP contribution in [0.3, 0.4) is 0 Å². The molecule has 1 atom stereocenters. The van der Waals surface area contributed by atoms with Gasteiger partial charge in [-0.15, -0.1) is 11.3 Å². The predicted octanol–water partition coefficient (Wildman–Crippen LogP) is 1.93. The minimum atomic E-state index is 0.438. The van der Waals surface area contributed by atoms with Gasteiger partial charge in [0.2, 0.25) is 0 Å². The van der Waals surface area contributed by atoms with E-state index in [9.17, 15) is 0 Å². The zero-order chi connectivity index (χ0) is 11.8. The van der Waals surface area contributed by atoms with E-state index in [0.717, 1.165) is 17.2 Å². The number of fused-ring (bicyclic) bond motifs is 1. The molecular weight excluding hydrogens is 232 g/mol. The molecule has 4 nitrogen and oxygen atoms in total. The van der Waals surface area contributed by atoms with Crippen LogP contribution in [-0.2, 0) is 0 Å². The van der Waals surface area contributed by atoms with Crippen LogP contribution in [0.25, 0.3) is 10.2 Å². The van der Waals surface area contributed by atoms with Gasteiger partial charge in [-0.2, -0.15) is 0 Å². The van der Waals surface area contributed by atoms with E-state index in [4.69, 9.17) is 5.73 Å². The lowest BCUT2D eigenvalue weighted by Gasteiger charge is -2.24. The van der Waals surface area contributed by atoms with Crippen molar-refractivity contribution < 1.29 is 0 Å². The lowest BCUT2D eigenvalue weighted by atomic mass is 10.2. The van der Waals surface area contributed by atoms with E-state index in [2.05, 4.69) is 27.9 Å². The Morgan fingerprint density at radius 2 is 2.41 bits per heavy atom. The zero-order valence-electron chi connectivity index (χ0n) is 9.89. The monoisotopic (exact) mass is 248 g/mol. The number of anilines is 1.